The van der Waals surface area contributed by atoms with Crippen LogP contribution in [0.1, 0.15) is 30.6 Å². The molecule has 3 rings (SSSR count). The Morgan fingerprint density at radius 2 is 2.05 bits per heavy atom. The van der Waals surface area contributed by atoms with Gasteiger partial charge in [-0.05, 0) is 31.4 Å². The number of aliphatic hydroxyl groups is 2. The van der Waals surface area contributed by atoms with Gasteiger partial charge in [-0.1, -0.05) is 13.0 Å². The Labute approximate surface area is 116 Å². The summed E-state index contributed by atoms with van der Waals surface area (Å²) in [5.41, 5.74) is -1.08. The number of phenolic OH excluding ortho intramolecular Hbond substituents is 1. The molecule has 5 nitrogen and oxygen atoms in total. The van der Waals surface area contributed by atoms with Gasteiger partial charge in [-0.15, -0.1) is 0 Å². The SMILES string of the molecule is C[C@@H]1C[C@H](O)[C@H]2C(=O)c3c(O)cccc3O[C@]2(C)[C@H]1O. The van der Waals surface area contributed by atoms with Gasteiger partial charge in [0.05, 0.1) is 18.1 Å². The summed E-state index contributed by atoms with van der Waals surface area (Å²) in [6, 6.07) is 4.59. The first-order valence-electron chi connectivity index (χ1n) is 6.77. The van der Waals surface area contributed by atoms with E-state index in [9.17, 15) is 20.1 Å². The highest BCUT2D eigenvalue weighted by Gasteiger charge is 2.58. The molecule has 0 amide bonds. The molecular weight excluding hydrogens is 260 g/mol. The molecule has 1 heterocycles. The maximum atomic E-state index is 12.6. The molecule has 5 heteroatoms. The quantitative estimate of drug-likeness (QED) is 0.661. The molecule has 1 aliphatic heterocycles. The van der Waals surface area contributed by atoms with Crippen molar-refractivity contribution in [3.63, 3.8) is 0 Å². The number of Topliss-reactive ketones (excluding diaryl/α,β-unsaturated/α-hetero) is 1. The van der Waals surface area contributed by atoms with E-state index >= 15 is 0 Å². The Morgan fingerprint density at radius 3 is 2.75 bits per heavy atom. The molecule has 0 spiro atoms. The molecule has 108 valence electrons. The minimum absolute atomic E-state index is 0.0933. The number of ketones is 1. The van der Waals surface area contributed by atoms with E-state index in [1.54, 1.807) is 19.1 Å². The smallest absolute Gasteiger partial charge is 0.180 e. The predicted molar refractivity (Wildman–Crippen MR) is 70.8 cm³/mol. The van der Waals surface area contributed by atoms with Gasteiger partial charge in [0.25, 0.3) is 0 Å². The Morgan fingerprint density at radius 1 is 1.35 bits per heavy atom. The number of carbonyl (C=O) groups is 1. The number of aromatic hydroxyl groups is 1. The summed E-state index contributed by atoms with van der Waals surface area (Å²) in [7, 11) is 0. The third-order valence-electron chi connectivity index (χ3n) is 4.60. The molecule has 1 fully saturated rings. The maximum absolute atomic E-state index is 12.6. The van der Waals surface area contributed by atoms with Crippen molar-refractivity contribution < 1.29 is 24.9 Å². The van der Waals surface area contributed by atoms with Crippen LogP contribution in [0.25, 0.3) is 0 Å². The summed E-state index contributed by atoms with van der Waals surface area (Å²) >= 11 is 0. The van der Waals surface area contributed by atoms with Gasteiger partial charge in [0, 0.05) is 0 Å². The molecule has 20 heavy (non-hydrogen) atoms. The zero-order chi connectivity index (χ0) is 14.7. The van der Waals surface area contributed by atoms with Crippen LogP contribution in [-0.4, -0.2) is 38.9 Å². The highest BCUT2D eigenvalue weighted by Crippen LogP contribution is 2.48. The summed E-state index contributed by atoms with van der Waals surface area (Å²) in [6.45, 7) is 3.47. The summed E-state index contributed by atoms with van der Waals surface area (Å²) in [4.78, 5) is 12.6. The van der Waals surface area contributed by atoms with E-state index in [0.717, 1.165) is 0 Å². The molecule has 1 saturated carbocycles. The molecule has 1 aromatic rings. The van der Waals surface area contributed by atoms with Crippen LogP contribution in [0.15, 0.2) is 18.2 Å². The molecular formula is C15H18O5. The third kappa shape index (κ3) is 1.60. The number of carbonyl (C=O) groups excluding carboxylic acids is 1. The summed E-state index contributed by atoms with van der Waals surface area (Å²) in [5.74, 6) is -1.30. The van der Waals surface area contributed by atoms with Crippen molar-refractivity contribution in [1.82, 2.24) is 0 Å². The van der Waals surface area contributed by atoms with Crippen LogP contribution in [-0.2, 0) is 0 Å². The van der Waals surface area contributed by atoms with E-state index < -0.39 is 23.7 Å². The normalized spacial score (nSPS) is 39.7. The number of phenols is 1. The average Bonchev–Trinajstić information content (AvgIpc) is 2.35. The first-order chi connectivity index (χ1) is 9.36. The number of fused-ring (bicyclic) bond motifs is 2. The lowest BCUT2D eigenvalue weighted by Gasteiger charge is -2.51. The Balaban J connectivity index is 2.16. The van der Waals surface area contributed by atoms with Crippen molar-refractivity contribution >= 4 is 5.78 Å². The summed E-state index contributed by atoms with van der Waals surface area (Å²) in [6.07, 6.45) is -1.41. The number of ether oxygens (including phenoxy) is 1. The standard InChI is InChI=1S/C15H18O5/c1-7-6-9(17)12-13(18)11-8(16)4-3-5-10(11)20-15(12,2)14(7)19/h3-5,7,9,12,14,16-17,19H,6H2,1-2H3/t7-,9+,12+,14+,15+/m1/s1. The lowest BCUT2D eigenvalue weighted by molar-refractivity contribution is -0.157. The summed E-state index contributed by atoms with van der Waals surface area (Å²) < 4.78 is 5.84. The highest BCUT2D eigenvalue weighted by molar-refractivity contribution is 6.04. The van der Waals surface area contributed by atoms with Crippen LogP contribution < -0.4 is 4.74 Å². The lowest BCUT2D eigenvalue weighted by Crippen LogP contribution is -2.65. The van der Waals surface area contributed by atoms with Gasteiger partial charge in [0.1, 0.15) is 22.7 Å². The van der Waals surface area contributed by atoms with Gasteiger partial charge >= 0.3 is 0 Å². The Bertz CT molecular complexity index is 569. The van der Waals surface area contributed by atoms with E-state index in [1.807, 2.05) is 6.92 Å². The van der Waals surface area contributed by atoms with Gasteiger partial charge in [0.15, 0.2) is 5.78 Å². The largest absolute Gasteiger partial charge is 0.507 e. The van der Waals surface area contributed by atoms with E-state index in [2.05, 4.69) is 0 Å². The molecule has 0 saturated heterocycles. The van der Waals surface area contributed by atoms with E-state index in [4.69, 9.17) is 4.74 Å². The monoisotopic (exact) mass is 278 g/mol. The number of rotatable bonds is 0. The fraction of sp³-hybridized carbons (Fsp3) is 0.533. The van der Waals surface area contributed by atoms with Crippen LogP contribution in [0.5, 0.6) is 11.5 Å². The van der Waals surface area contributed by atoms with Crippen molar-refractivity contribution in [2.24, 2.45) is 11.8 Å². The number of benzene rings is 1. The van der Waals surface area contributed by atoms with E-state index in [-0.39, 0.29) is 28.8 Å². The number of hydrogen-bond acceptors (Lipinski definition) is 5. The van der Waals surface area contributed by atoms with Crippen molar-refractivity contribution in [3.8, 4) is 11.5 Å². The fourth-order valence-corrected chi connectivity index (χ4v) is 3.58. The fourth-order valence-electron chi connectivity index (χ4n) is 3.58. The van der Waals surface area contributed by atoms with Crippen molar-refractivity contribution in [2.75, 3.05) is 0 Å². The molecule has 2 aliphatic rings. The highest BCUT2D eigenvalue weighted by atomic mass is 16.5. The molecule has 3 N–H and O–H groups in total. The average molecular weight is 278 g/mol. The van der Waals surface area contributed by atoms with Crippen LogP contribution >= 0.6 is 0 Å². The number of hydrogen-bond donors (Lipinski definition) is 3. The van der Waals surface area contributed by atoms with Crippen LogP contribution in [0, 0.1) is 11.8 Å². The van der Waals surface area contributed by atoms with Gasteiger partial charge in [0.2, 0.25) is 0 Å². The molecule has 0 aromatic heterocycles. The number of aliphatic hydroxyl groups excluding tert-OH is 2. The minimum atomic E-state index is -1.17. The second-order valence-electron chi connectivity index (χ2n) is 6.00. The Hall–Kier alpha value is -1.59. The second-order valence-corrected chi connectivity index (χ2v) is 6.00. The molecule has 0 radical (unpaired) electrons. The van der Waals surface area contributed by atoms with E-state index in [0.29, 0.717) is 6.42 Å². The zero-order valence-corrected chi connectivity index (χ0v) is 11.4. The van der Waals surface area contributed by atoms with E-state index in [1.165, 1.54) is 6.07 Å². The van der Waals surface area contributed by atoms with Gasteiger partial charge < -0.3 is 20.1 Å². The van der Waals surface area contributed by atoms with Crippen molar-refractivity contribution in [2.45, 2.75) is 38.1 Å². The van der Waals surface area contributed by atoms with Crippen molar-refractivity contribution in [3.05, 3.63) is 23.8 Å². The van der Waals surface area contributed by atoms with Gasteiger partial charge in [-0.2, -0.15) is 0 Å². The second kappa shape index (κ2) is 4.20. The first-order valence-corrected chi connectivity index (χ1v) is 6.77. The molecule has 0 bridgehead atoms. The lowest BCUT2D eigenvalue weighted by atomic mass is 9.64. The topological polar surface area (TPSA) is 87.0 Å². The maximum Gasteiger partial charge on any atom is 0.180 e. The molecule has 1 aromatic carbocycles. The zero-order valence-electron chi connectivity index (χ0n) is 11.4. The predicted octanol–water partition coefficient (Wildman–Crippen LogP) is 1.10. The minimum Gasteiger partial charge on any atom is -0.507 e. The van der Waals surface area contributed by atoms with Gasteiger partial charge in [-0.3, -0.25) is 4.79 Å². The Kier molecular flexibility index (Phi) is 2.81. The third-order valence-corrected chi connectivity index (χ3v) is 4.60. The van der Waals surface area contributed by atoms with Crippen LogP contribution in [0.2, 0.25) is 0 Å². The molecule has 1 aliphatic carbocycles. The van der Waals surface area contributed by atoms with Crippen LogP contribution in [0.3, 0.4) is 0 Å². The van der Waals surface area contributed by atoms with Crippen LogP contribution in [0.4, 0.5) is 0 Å². The summed E-state index contributed by atoms with van der Waals surface area (Å²) in [5, 5.41) is 30.5. The first kappa shape index (κ1) is 13.4. The molecule has 0 unspecified atom stereocenters. The van der Waals surface area contributed by atoms with Crippen molar-refractivity contribution in [1.29, 1.82) is 0 Å². The molecule has 5 atom stereocenters. The van der Waals surface area contributed by atoms with Gasteiger partial charge in [-0.25, -0.2) is 0 Å².